The van der Waals surface area contributed by atoms with Crippen LogP contribution in [0.3, 0.4) is 0 Å². The predicted octanol–water partition coefficient (Wildman–Crippen LogP) is 1.35. The van der Waals surface area contributed by atoms with E-state index in [1.54, 1.807) is 7.11 Å². The van der Waals surface area contributed by atoms with Crippen LogP contribution in [-0.4, -0.2) is 31.3 Å². The SMILES string of the molecule is COc1cc(C)c(CC(=O)NCCCO)cc1C. The second kappa shape index (κ2) is 7.01. The van der Waals surface area contributed by atoms with Crippen LogP contribution in [-0.2, 0) is 11.2 Å². The number of benzene rings is 1. The highest BCUT2D eigenvalue weighted by Crippen LogP contribution is 2.22. The number of amides is 1. The van der Waals surface area contributed by atoms with Gasteiger partial charge in [0.2, 0.25) is 5.91 Å². The Bertz CT molecular complexity index is 416. The maximum Gasteiger partial charge on any atom is 0.224 e. The largest absolute Gasteiger partial charge is 0.496 e. The van der Waals surface area contributed by atoms with E-state index in [2.05, 4.69) is 5.32 Å². The van der Waals surface area contributed by atoms with Crippen LogP contribution in [0.4, 0.5) is 0 Å². The third-order valence-corrected chi connectivity index (χ3v) is 2.86. The topological polar surface area (TPSA) is 58.6 Å². The number of aryl methyl sites for hydroxylation is 2. The van der Waals surface area contributed by atoms with Crippen LogP contribution in [0.15, 0.2) is 12.1 Å². The van der Waals surface area contributed by atoms with E-state index in [1.807, 2.05) is 26.0 Å². The normalized spacial score (nSPS) is 10.2. The Morgan fingerprint density at radius 3 is 2.67 bits per heavy atom. The number of hydrogen-bond acceptors (Lipinski definition) is 3. The number of rotatable bonds is 6. The molecule has 4 heteroatoms. The summed E-state index contributed by atoms with van der Waals surface area (Å²) in [5.41, 5.74) is 3.09. The molecule has 1 amide bonds. The molecule has 0 spiro atoms. The summed E-state index contributed by atoms with van der Waals surface area (Å²) in [4.78, 5) is 11.7. The molecule has 1 aromatic carbocycles. The first-order valence-electron chi connectivity index (χ1n) is 6.10. The van der Waals surface area contributed by atoms with Crippen molar-refractivity contribution in [2.45, 2.75) is 26.7 Å². The first kappa shape index (κ1) is 14.5. The molecular formula is C14H21NO3. The Kier molecular flexibility index (Phi) is 5.65. The van der Waals surface area contributed by atoms with Gasteiger partial charge < -0.3 is 15.2 Å². The number of methoxy groups -OCH3 is 1. The van der Waals surface area contributed by atoms with Gasteiger partial charge in [-0.1, -0.05) is 6.07 Å². The lowest BCUT2D eigenvalue weighted by molar-refractivity contribution is -0.120. The van der Waals surface area contributed by atoms with E-state index in [0.717, 1.165) is 22.4 Å². The minimum absolute atomic E-state index is 0.0175. The van der Waals surface area contributed by atoms with Gasteiger partial charge in [0.05, 0.1) is 13.5 Å². The Balaban J connectivity index is 2.67. The van der Waals surface area contributed by atoms with Crippen molar-refractivity contribution in [2.24, 2.45) is 0 Å². The minimum Gasteiger partial charge on any atom is -0.496 e. The van der Waals surface area contributed by atoms with Gasteiger partial charge in [0.1, 0.15) is 5.75 Å². The van der Waals surface area contributed by atoms with Crippen LogP contribution < -0.4 is 10.1 Å². The maximum atomic E-state index is 11.7. The van der Waals surface area contributed by atoms with E-state index in [-0.39, 0.29) is 12.5 Å². The number of nitrogens with one attached hydrogen (secondary N) is 1. The predicted molar refractivity (Wildman–Crippen MR) is 70.9 cm³/mol. The second-order valence-corrected chi connectivity index (χ2v) is 4.35. The first-order chi connectivity index (χ1) is 8.58. The molecule has 0 saturated heterocycles. The Labute approximate surface area is 108 Å². The van der Waals surface area contributed by atoms with Crippen molar-refractivity contribution < 1.29 is 14.6 Å². The lowest BCUT2D eigenvalue weighted by atomic mass is 10.0. The van der Waals surface area contributed by atoms with Gasteiger partial charge >= 0.3 is 0 Å². The number of ether oxygens (including phenoxy) is 1. The molecule has 0 radical (unpaired) electrons. The highest BCUT2D eigenvalue weighted by atomic mass is 16.5. The number of carbonyl (C=O) groups excluding carboxylic acids is 1. The molecule has 0 aromatic heterocycles. The summed E-state index contributed by atoms with van der Waals surface area (Å²) in [5, 5.41) is 11.4. The van der Waals surface area contributed by atoms with E-state index in [4.69, 9.17) is 9.84 Å². The third-order valence-electron chi connectivity index (χ3n) is 2.86. The summed E-state index contributed by atoms with van der Waals surface area (Å²) in [7, 11) is 1.64. The Morgan fingerprint density at radius 2 is 2.06 bits per heavy atom. The zero-order chi connectivity index (χ0) is 13.5. The minimum atomic E-state index is -0.0175. The molecule has 0 aliphatic carbocycles. The van der Waals surface area contributed by atoms with Crippen molar-refractivity contribution in [1.29, 1.82) is 0 Å². The number of carbonyl (C=O) groups is 1. The fraction of sp³-hybridized carbons (Fsp3) is 0.500. The van der Waals surface area contributed by atoms with Crippen molar-refractivity contribution >= 4 is 5.91 Å². The lowest BCUT2D eigenvalue weighted by Crippen LogP contribution is -2.26. The highest BCUT2D eigenvalue weighted by molar-refractivity contribution is 5.79. The Hall–Kier alpha value is -1.55. The van der Waals surface area contributed by atoms with Crippen molar-refractivity contribution in [3.8, 4) is 5.75 Å². The van der Waals surface area contributed by atoms with Gasteiger partial charge in [-0.05, 0) is 43.0 Å². The van der Waals surface area contributed by atoms with E-state index in [9.17, 15) is 4.79 Å². The molecule has 0 atom stereocenters. The summed E-state index contributed by atoms with van der Waals surface area (Å²) >= 11 is 0. The molecule has 0 aliphatic heterocycles. The van der Waals surface area contributed by atoms with Crippen LogP contribution in [0.25, 0.3) is 0 Å². The summed E-state index contributed by atoms with van der Waals surface area (Å²) in [6.07, 6.45) is 0.953. The molecule has 18 heavy (non-hydrogen) atoms. The molecule has 0 bridgehead atoms. The molecule has 0 unspecified atom stereocenters. The molecule has 0 fully saturated rings. The summed E-state index contributed by atoms with van der Waals surface area (Å²) in [5.74, 6) is 0.827. The zero-order valence-corrected chi connectivity index (χ0v) is 11.2. The maximum absolute atomic E-state index is 11.7. The summed E-state index contributed by atoms with van der Waals surface area (Å²) in [6.45, 7) is 4.55. The zero-order valence-electron chi connectivity index (χ0n) is 11.2. The number of hydrogen-bond donors (Lipinski definition) is 2. The molecule has 2 N–H and O–H groups in total. The standard InChI is InChI=1S/C14H21NO3/c1-10-8-13(18-3)11(2)7-12(10)9-14(17)15-5-4-6-16/h7-8,16H,4-6,9H2,1-3H3,(H,15,17). The van der Waals surface area contributed by atoms with Gasteiger partial charge in [0, 0.05) is 13.2 Å². The summed E-state index contributed by atoms with van der Waals surface area (Å²) < 4.78 is 5.24. The average Bonchev–Trinajstić information content (AvgIpc) is 2.33. The molecule has 100 valence electrons. The van der Waals surface area contributed by atoms with Gasteiger partial charge in [0.25, 0.3) is 0 Å². The fourth-order valence-electron chi connectivity index (χ4n) is 1.80. The Morgan fingerprint density at radius 1 is 1.33 bits per heavy atom. The van der Waals surface area contributed by atoms with Crippen molar-refractivity contribution in [3.05, 3.63) is 28.8 Å². The van der Waals surface area contributed by atoms with Gasteiger partial charge in [-0.25, -0.2) is 0 Å². The average molecular weight is 251 g/mol. The molecular weight excluding hydrogens is 230 g/mol. The van der Waals surface area contributed by atoms with Crippen LogP contribution >= 0.6 is 0 Å². The van der Waals surface area contributed by atoms with Crippen molar-refractivity contribution in [1.82, 2.24) is 5.32 Å². The third kappa shape index (κ3) is 4.04. The van der Waals surface area contributed by atoms with E-state index in [0.29, 0.717) is 19.4 Å². The molecule has 1 aromatic rings. The molecule has 4 nitrogen and oxygen atoms in total. The van der Waals surface area contributed by atoms with Crippen molar-refractivity contribution in [3.63, 3.8) is 0 Å². The highest BCUT2D eigenvalue weighted by Gasteiger charge is 2.08. The van der Waals surface area contributed by atoms with Gasteiger partial charge in [-0.2, -0.15) is 0 Å². The van der Waals surface area contributed by atoms with Crippen LogP contribution in [0.1, 0.15) is 23.1 Å². The van der Waals surface area contributed by atoms with E-state index >= 15 is 0 Å². The lowest BCUT2D eigenvalue weighted by Gasteiger charge is -2.11. The van der Waals surface area contributed by atoms with Crippen LogP contribution in [0, 0.1) is 13.8 Å². The van der Waals surface area contributed by atoms with Crippen LogP contribution in [0.5, 0.6) is 5.75 Å². The monoisotopic (exact) mass is 251 g/mol. The van der Waals surface area contributed by atoms with Crippen LogP contribution in [0.2, 0.25) is 0 Å². The second-order valence-electron chi connectivity index (χ2n) is 4.35. The molecule has 0 aliphatic rings. The molecule has 0 saturated carbocycles. The van der Waals surface area contributed by atoms with Gasteiger partial charge in [-0.3, -0.25) is 4.79 Å². The van der Waals surface area contributed by atoms with Crippen molar-refractivity contribution in [2.75, 3.05) is 20.3 Å². The molecule has 0 heterocycles. The quantitative estimate of drug-likeness (QED) is 0.750. The number of aliphatic hydroxyl groups is 1. The molecule has 1 rings (SSSR count). The van der Waals surface area contributed by atoms with Gasteiger partial charge in [0.15, 0.2) is 0 Å². The summed E-state index contributed by atoms with van der Waals surface area (Å²) in [6, 6.07) is 3.94. The van der Waals surface area contributed by atoms with E-state index < -0.39 is 0 Å². The fourth-order valence-corrected chi connectivity index (χ4v) is 1.80. The van der Waals surface area contributed by atoms with E-state index in [1.165, 1.54) is 0 Å². The number of aliphatic hydroxyl groups excluding tert-OH is 1. The smallest absolute Gasteiger partial charge is 0.224 e. The van der Waals surface area contributed by atoms with Gasteiger partial charge in [-0.15, -0.1) is 0 Å². The first-order valence-corrected chi connectivity index (χ1v) is 6.10.